The van der Waals surface area contributed by atoms with E-state index in [-0.39, 0.29) is 11.9 Å². The molecule has 3 N–H and O–H groups in total. The van der Waals surface area contributed by atoms with Gasteiger partial charge in [-0.2, -0.15) is 0 Å². The van der Waals surface area contributed by atoms with Crippen molar-refractivity contribution in [2.24, 2.45) is 0 Å². The number of amides is 1. The molecule has 0 radical (unpaired) electrons. The smallest absolute Gasteiger partial charge is 0.271 e. The fraction of sp³-hybridized carbons (Fsp3) is 0.231. The predicted octanol–water partition coefficient (Wildman–Crippen LogP) is 2.74. The van der Waals surface area contributed by atoms with Crippen LogP contribution in [0.15, 0.2) is 29.6 Å². The van der Waals surface area contributed by atoms with Crippen LogP contribution in [0.1, 0.15) is 23.0 Å². The largest absolute Gasteiger partial charge is 0.375 e. The Morgan fingerprint density at radius 1 is 1.47 bits per heavy atom. The molecule has 0 saturated carbocycles. The molecule has 4 nitrogen and oxygen atoms in total. The van der Waals surface area contributed by atoms with Gasteiger partial charge < -0.3 is 11.1 Å². The monoisotopic (exact) mass is 295 g/mol. The van der Waals surface area contributed by atoms with Crippen molar-refractivity contribution in [3.63, 3.8) is 0 Å². The topological polar surface area (TPSA) is 68.0 Å². The molecule has 0 bridgehead atoms. The van der Waals surface area contributed by atoms with Gasteiger partial charge in [-0.05, 0) is 31.0 Å². The molecule has 1 unspecified atom stereocenters. The molecule has 0 aliphatic heterocycles. The Kier molecular flexibility index (Phi) is 4.39. The summed E-state index contributed by atoms with van der Waals surface area (Å²) in [6, 6.07) is 7.59. The van der Waals surface area contributed by atoms with Gasteiger partial charge in [-0.25, -0.2) is 4.98 Å². The number of carbonyl (C=O) groups is 1. The molecule has 0 fully saturated rings. The number of nitrogens with one attached hydrogen (secondary N) is 1. The van der Waals surface area contributed by atoms with E-state index >= 15 is 0 Å². The molecule has 1 atom stereocenters. The number of thiazole rings is 1. The van der Waals surface area contributed by atoms with E-state index in [2.05, 4.69) is 10.3 Å². The lowest BCUT2D eigenvalue weighted by Gasteiger charge is -2.13. The lowest BCUT2D eigenvalue weighted by Crippen LogP contribution is -2.34. The standard InChI is InChI=1S/C13H14ClN3OS/c1-8(6-9-2-4-10(14)5-3-9)16-12(18)11-7-19-13(15)17-11/h2-5,7-8H,6H2,1H3,(H2,15,17)(H,16,18). The summed E-state index contributed by atoms with van der Waals surface area (Å²) in [6.07, 6.45) is 0.739. The van der Waals surface area contributed by atoms with E-state index in [1.165, 1.54) is 11.3 Å². The van der Waals surface area contributed by atoms with Gasteiger partial charge in [0.1, 0.15) is 5.69 Å². The van der Waals surface area contributed by atoms with Crippen LogP contribution in [0, 0.1) is 0 Å². The van der Waals surface area contributed by atoms with Crippen molar-refractivity contribution in [1.82, 2.24) is 10.3 Å². The number of nitrogens with two attached hydrogens (primary N) is 1. The summed E-state index contributed by atoms with van der Waals surface area (Å²) < 4.78 is 0. The molecule has 100 valence electrons. The van der Waals surface area contributed by atoms with Crippen LogP contribution in [0.2, 0.25) is 5.02 Å². The highest BCUT2D eigenvalue weighted by molar-refractivity contribution is 7.13. The Labute approximate surface area is 120 Å². The van der Waals surface area contributed by atoms with E-state index in [0.29, 0.717) is 15.8 Å². The van der Waals surface area contributed by atoms with Crippen LogP contribution in [0.5, 0.6) is 0 Å². The third-order valence-corrected chi connectivity index (χ3v) is 3.51. The van der Waals surface area contributed by atoms with E-state index < -0.39 is 0 Å². The Morgan fingerprint density at radius 2 is 2.16 bits per heavy atom. The zero-order chi connectivity index (χ0) is 13.8. The van der Waals surface area contributed by atoms with E-state index in [1.807, 2.05) is 31.2 Å². The first-order valence-electron chi connectivity index (χ1n) is 5.81. The molecule has 6 heteroatoms. The molecule has 0 aliphatic rings. The number of carbonyl (C=O) groups excluding carboxylic acids is 1. The van der Waals surface area contributed by atoms with Crippen LogP contribution in [0.4, 0.5) is 5.13 Å². The van der Waals surface area contributed by atoms with Crippen LogP contribution in [0.25, 0.3) is 0 Å². The summed E-state index contributed by atoms with van der Waals surface area (Å²) in [5.74, 6) is -0.200. The summed E-state index contributed by atoms with van der Waals surface area (Å²) in [5.41, 5.74) is 6.99. The molecule has 1 heterocycles. The minimum Gasteiger partial charge on any atom is -0.375 e. The number of rotatable bonds is 4. The van der Waals surface area contributed by atoms with Crippen LogP contribution in [-0.4, -0.2) is 16.9 Å². The molecule has 1 aromatic heterocycles. The summed E-state index contributed by atoms with van der Waals surface area (Å²) in [6.45, 7) is 1.95. The highest BCUT2D eigenvalue weighted by atomic mass is 35.5. The number of hydrogen-bond donors (Lipinski definition) is 2. The zero-order valence-electron chi connectivity index (χ0n) is 10.4. The number of nitrogens with zero attached hydrogens (tertiary/aromatic N) is 1. The van der Waals surface area contributed by atoms with Crippen molar-refractivity contribution in [2.75, 3.05) is 5.73 Å². The SMILES string of the molecule is CC(Cc1ccc(Cl)cc1)NC(=O)c1csc(N)n1. The number of hydrogen-bond acceptors (Lipinski definition) is 4. The second-order valence-electron chi connectivity index (χ2n) is 4.28. The van der Waals surface area contributed by atoms with Crippen LogP contribution >= 0.6 is 22.9 Å². The Bertz CT molecular complexity index is 568. The summed E-state index contributed by atoms with van der Waals surface area (Å²) >= 11 is 7.08. The lowest BCUT2D eigenvalue weighted by atomic mass is 10.1. The van der Waals surface area contributed by atoms with Gasteiger partial charge in [-0.15, -0.1) is 11.3 Å². The maximum Gasteiger partial charge on any atom is 0.271 e. The predicted molar refractivity (Wildman–Crippen MR) is 78.6 cm³/mol. The summed E-state index contributed by atoms with van der Waals surface area (Å²) in [7, 11) is 0. The molecule has 0 saturated heterocycles. The first-order valence-corrected chi connectivity index (χ1v) is 7.06. The average Bonchev–Trinajstić information content (AvgIpc) is 2.79. The maximum atomic E-state index is 11.9. The number of anilines is 1. The van der Waals surface area contributed by atoms with Gasteiger partial charge in [0.15, 0.2) is 5.13 Å². The number of halogens is 1. The van der Waals surface area contributed by atoms with E-state index in [4.69, 9.17) is 17.3 Å². The molecule has 1 amide bonds. The number of aromatic nitrogens is 1. The van der Waals surface area contributed by atoms with E-state index in [9.17, 15) is 4.79 Å². The van der Waals surface area contributed by atoms with Crippen molar-refractivity contribution < 1.29 is 4.79 Å². The molecular formula is C13H14ClN3OS. The molecule has 0 aliphatic carbocycles. The lowest BCUT2D eigenvalue weighted by molar-refractivity contribution is 0.0936. The Balaban J connectivity index is 1.92. The van der Waals surface area contributed by atoms with Crippen molar-refractivity contribution in [1.29, 1.82) is 0 Å². The van der Waals surface area contributed by atoms with Gasteiger partial charge in [0.25, 0.3) is 5.91 Å². The van der Waals surface area contributed by atoms with Gasteiger partial charge in [-0.1, -0.05) is 23.7 Å². The molecule has 2 aromatic rings. The van der Waals surface area contributed by atoms with E-state index in [0.717, 1.165) is 12.0 Å². The first-order chi connectivity index (χ1) is 9.04. The fourth-order valence-electron chi connectivity index (χ4n) is 1.71. The van der Waals surface area contributed by atoms with Crippen LogP contribution in [0.3, 0.4) is 0 Å². The van der Waals surface area contributed by atoms with Gasteiger partial charge >= 0.3 is 0 Å². The third-order valence-electron chi connectivity index (χ3n) is 2.59. The van der Waals surface area contributed by atoms with Gasteiger partial charge in [0.05, 0.1) is 0 Å². The van der Waals surface area contributed by atoms with Gasteiger partial charge in [-0.3, -0.25) is 4.79 Å². The van der Waals surface area contributed by atoms with Gasteiger partial charge in [0, 0.05) is 16.4 Å². The van der Waals surface area contributed by atoms with Crippen molar-refractivity contribution in [3.8, 4) is 0 Å². The van der Waals surface area contributed by atoms with Crippen molar-refractivity contribution in [3.05, 3.63) is 45.9 Å². The number of nitrogen functional groups attached to an aromatic ring is 1. The first kappa shape index (κ1) is 13.8. The molecule has 1 aromatic carbocycles. The zero-order valence-corrected chi connectivity index (χ0v) is 12.0. The normalized spacial score (nSPS) is 12.1. The van der Waals surface area contributed by atoms with Crippen molar-refractivity contribution in [2.45, 2.75) is 19.4 Å². The van der Waals surface area contributed by atoms with Crippen molar-refractivity contribution >= 4 is 34.0 Å². The maximum absolute atomic E-state index is 11.9. The average molecular weight is 296 g/mol. The minimum atomic E-state index is -0.200. The fourth-order valence-corrected chi connectivity index (χ4v) is 2.38. The highest BCUT2D eigenvalue weighted by Gasteiger charge is 2.13. The summed E-state index contributed by atoms with van der Waals surface area (Å²) in [5, 5.41) is 5.65. The Hall–Kier alpha value is -1.59. The van der Waals surface area contributed by atoms with Crippen LogP contribution in [-0.2, 0) is 6.42 Å². The summed E-state index contributed by atoms with van der Waals surface area (Å²) in [4.78, 5) is 15.8. The minimum absolute atomic E-state index is 0.0107. The molecular weight excluding hydrogens is 282 g/mol. The number of benzene rings is 1. The second-order valence-corrected chi connectivity index (χ2v) is 5.60. The van der Waals surface area contributed by atoms with E-state index in [1.54, 1.807) is 5.38 Å². The van der Waals surface area contributed by atoms with Gasteiger partial charge in [0.2, 0.25) is 0 Å². The quantitative estimate of drug-likeness (QED) is 0.911. The molecule has 19 heavy (non-hydrogen) atoms. The third kappa shape index (κ3) is 3.94. The Morgan fingerprint density at radius 3 is 2.74 bits per heavy atom. The van der Waals surface area contributed by atoms with Crippen LogP contribution < -0.4 is 11.1 Å². The highest BCUT2D eigenvalue weighted by Crippen LogP contribution is 2.13. The molecule has 2 rings (SSSR count). The second kappa shape index (κ2) is 6.04. The molecule has 0 spiro atoms.